The lowest BCUT2D eigenvalue weighted by molar-refractivity contribution is 0.0536. The fourth-order valence-corrected chi connectivity index (χ4v) is 2.15. The van der Waals surface area contributed by atoms with Gasteiger partial charge >= 0.3 is 5.38 Å². The van der Waals surface area contributed by atoms with E-state index in [4.69, 9.17) is 0 Å². The molecule has 0 fully saturated rings. The molecule has 0 saturated carbocycles. The first-order chi connectivity index (χ1) is 5.43. The molecule has 1 heterocycles. The molecule has 12 heavy (non-hydrogen) atoms. The van der Waals surface area contributed by atoms with Crippen LogP contribution in [0.25, 0.3) is 0 Å². The zero-order valence-electron chi connectivity index (χ0n) is 5.48. The van der Waals surface area contributed by atoms with Crippen LogP contribution in [-0.2, 0) is 0 Å². The summed E-state index contributed by atoms with van der Waals surface area (Å²) in [5, 5.41) is -0.956. The molecular formula is C6H2BrClF2OS. The second-order valence-electron chi connectivity index (χ2n) is 1.96. The maximum Gasteiger partial charge on any atom is 0.384 e. The van der Waals surface area contributed by atoms with Gasteiger partial charge in [0, 0.05) is 15.2 Å². The quantitative estimate of drug-likeness (QED) is 0.596. The predicted molar refractivity (Wildman–Crippen MR) is 47.1 cm³/mol. The molecular weight excluding hydrogens is 273 g/mol. The molecule has 0 aliphatic carbocycles. The van der Waals surface area contributed by atoms with Gasteiger partial charge in [0.2, 0.25) is 5.78 Å². The molecule has 6 heteroatoms. The van der Waals surface area contributed by atoms with Crippen LogP contribution >= 0.6 is 38.9 Å². The molecule has 0 bridgehead atoms. The molecule has 0 unspecified atom stereocenters. The van der Waals surface area contributed by atoms with E-state index in [1.807, 2.05) is 0 Å². The van der Waals surface area contributed by atoms with E-state index in [9.17, 15) is 13.6 Å². The highest BCUT2D eigenvalue weighted by atomic mass is 79.9. The Hall–Kier alpha value is -0.000000000000000167. The Labute approximate surface area is 84.5 Å². The van der Waals surface area contributed by atoms with Gasteiger partial charge in [0.15, 0.2) is 0 Å². The molecule has 1 nitrogen and oxygen atoms in total. The Morgan fingerprint density at radius 2 is 2.17 bits per heavy atom. The van der Waals surface area contributed by atoms with E-state index in [-0.39, 0.29) is 5.56 Å². The number of carbonyl (C=O) groups excluding carboxylic acids is 1. The minimum Gasteiger partial charge on any atom is -0.286 e. The van der Waals surface area contributed by atoms with Crippen molar-refractivity contribution in [1.82, 2.24) is 0 Å². The van der Waals surface area contributed by atoms with E-state index < -0.39 is 11.2 Å². The lowest BCUT2D eigenvalue weighted by atomic mass is 10.2. The smallest absolute Gasteiger partial charge is 0.286 e. The van der Waals surface area contributed by atoms with Crippen LogP contribution in [0.4, 0.5) is 8.78 Å². The third-order valence-corrected chi connectivity index (χ3v) is 2.99. The Bertz CT molecular complexity index is 307. The third kappa shape index (κ3) is 2.02. The normalized spacial score (nSPS) is 11.7. The van der Waals surface area contributed by atoms with Crippen LogP contribution < -0.4 is 0 Å². The molecule has 0 atom stereocenters. The lowest BCUT2D eigenvalue weighted by Gasteiger charge is -2.04. The Balaban J connectivity index is 3.01. The van der Waals surface area contributed by atoms with E-state index >= 15 is 0 Å². The molecule has 1 rings (SSSR count). The highest BCUT2D eigenvalue weighted by molar-refractivity contribution is 9.10. The van der Waals surface area contributed by atoms with Gasteiger partial charge in [-0.2, -0.15) is 20.1 Å². The van der Waals surface area contributed by atoms with Crippen molar-refractivity contribution >= 4 is 44.7 Å². The number of rotatable bonds is 2. The van der Waals surface area contributed by atoms with Crippen LogP contribution in [0.3, 0.4) is 0 Å². The molecule has 0 spiro atoms. The van der Waals surface area contributed by atoms with Crippen molar-refractivity contribution in [3.05, 3.63) is 20.8 Å². The van der Waals surface area contributed by atoms with E-state index in [1.165, 1.54) is 10.8 Å². The summed E-state index contributed by atoms with van der Waals surface area (Å²) >= 11 is 8.66. The first-order valence-electron chi connectivity index (χ1n) is 2.76. The predicted octanol–water partition coefficient (Wildman–Crippen LogP) is 3.52. The van der Waals surface area contributed by atoms with Crippen molar-refractivity contribution < 1.29 is 13.6 Å². The van der Waals surface area contributed by atoms with Gasteiger partial charge in [-0.25, -0.2) is 0 Å². The van der Waals surface area contributed by atoms with Crippen LogP contribution in [-0.4, -0.2) is 11.2 Å². The topological polar surface area (TPSA) is 17.1 Å². The molecule has 0 N–H and O–H groups in total. The standard InChI is InChI=1S/C6H2BrClF2OS/c7-4-2-12-1-3(4)5(11)6(8,9)10/h1-2H. The first kappa shape index (κ1) is 10.1. The Kier molecular flexibility index (Phi) is 2.85. The molecule has 0 aliphatic rings. The van der Waals surface area contributed by atoms with E-state index in [1.54, 1.807) is 0 Å². The summed E-state index contributed by atoms with van der Waals surface area (Å²) in [6.45, 7) is 0. The maximum absolute atomic E-state index is 12.3. The number of carbonyl (C=O) groups is 1. The monoisotopic (exact) mass is 274 g/mol. The van der Waals surface area contributed by atoms with E-state index in [2.05, 4.69) is 27.5 Å². The van der Waals surface area contributed by atoms with Crippen LogP contribution in [0.2, 0.25) is 0 Å². The molecule has 0 radical (unpaired) electrons. The summed E-state index contributed by atoms with van der Waals surface area (Å²) in [6, 6.07) is 0. The summed E-state index contributed by atoms with van der Waals surface area (Å²) in [5.41, 5.74) is -0.0833. The highest BCUT2D eigenvalue weighted by Gasteiger charge is 2.37. The van der Waals surface area contributed by atoms with Gasteiger partial charge in [-0.3, -0.25) is 4.79 Å². The second kappa shape index (κ2) is 3.40. The average Bonchev–Trinajstić information content (AvgIpc) is 2.31. The van der Waals surface area contributed by atoms with Crippen molar-refractivity contribution in [2.24, 2.45) is 0 Å². The average molecular weight is 276 g/mol. The van der Waals surface area contributed by atoms with Crippen LogP contribution in [0.5, 0.6) is 0 Å². The molecule has 1 aromatic rings. The van der Waals surface area contributed by atoms with Gasteiger partial charge < -0.3 is 0 Å². The van der Waals surface area contributed by atoms with Gasteiger partial charge in [0.1, 0.15) is 0 Å². The largest absolute Gasteiger partial charge is 0.384 e. The molecule has 1 aromatic heterocycles. The number of alkyl halides is 3. The number of Topliss-reactive ketones (excluding diaryl/α,β-unsaturated/α-hetero) is 1. The zero-order valence-corrected chi connectivity index (χ0v) is 8.64. The molecule has 0 amide bonds. The molecule has 0 aromatic carbocycles. The zero-order chi connectivity index (χ0) is 9.35. The maximum atomic E-state index is 12.3. The SMILES string of the molecule is O=C(c1cscc1Br)C(F)(F)Cl. The van der Waals surface area contributed by atoms with Crippen molar-refractivity contribution in [2.75, 3.05) is 0 Å². The number of thiophene rings is 1. The van der Waals surface area contributed by atoms with Gasteiger partial charge in [0.05, 0.1) is 5.56 Å². The first-order valence-corrected chi connectivity index (χ1v) is 4.87. The Morgan fingerprint density at radius 1 is 1.58 bits per heavy atom. The summed E-state index contributed by atoms with van der Waals surface area (Å²) in [5.74, 6) is -1.38. The van der Waals surface area contributed by atoms with E-state index in [0.29, 0.717) is 4.47 Å². The summed E-state index contributed by atoms with van der Waals surface area (Å²) in [4.78, 5) is 10.8. The molecule has 66 valence electrons. The minimum atomic E-state index is -3.82. The summed E-state index contributed by atoms with van der Waals surface area (Å²) < 4.78 is 24.9. The van der Waals surface area contributed by atoms with Gasteiger partial charge in [-0.15, -0.1) is 0 Å². The summed E-state index contributed by atoms with van der Waals surface area (Å²) in [7, 11) is 0. The fraction of sp³-hybridized carbons (Fsp3) is 0.167. The Morgan fingerprint density at radius 3 is 2.50 bits per heavy atom. The third-order valence-electron chi connectivity index (χ3n) is 1.12. The second-order valence-corrected chi connectivity index (χ2v) is 4.03. The van der Waals surface area contributed by atoms with Gasteiger partial charge in [0.25, 0.3) is 0 Å². The van der Waals surface area contributed by atoms with Crippen LogP contribution in [0.1, 0.15) is 10.4 Å². The lowest BCUT2D eigenvalue weighted by Crippen LogP contribution is -2.21. The molecule has 0 saturated heterocycles. The van der Waals surface area contributed by atoms with E-state index in [0.717, 1.165) is 11.3 Å². The molecule has 0 aliphatic heterocycles. The highest BCUT2D eigenvalue weighted by Crippen LogP contribution is 2.30. The minimum absolute atomic E-state index is 0.0833. The van der Waals surface area contributed by atoms with Crippen molar-refractivity contribution in [2.45, 2.75) is 5.38 Å². The van der Waals surface area contributed by atoms with Gasteiger partial charge in [-0.05, 0) is 27.5 Å². The van der Waals surface area contributed by atoms with Crippen molar-refractivity contribution in [1.29, 1.82) is 0 Å². The number of ketones is 1. The van der Waals surface area contributed by atoms with Crippen molar-refractivity contribution in [3.8, 4) is 0 Å². The number of hydrogen-bond donors (Lipinski definition) is 0. The number of hydrogen-bond acceptors (Lipinski definition) is 2. The van der Waals surface area contributed by atoms with Crippen LogP contribution in [0, 0.1) is 0 Å². The van der Waals surface area contributed by atoms with Crippen LogP contribution in [0.15, 0.2) is 15.2 Å². The fourth-order valence-electron chi connectivity index (χ4n) is 0.596. The summed E-state index contributed by atoms with van der Waals surface area (Å²) in [6.07, 6.45) is 0. The van der Waals surface area contributed by atoms with Crippen molar-refractivity contribution in [3.63, 3.8) is 0 Å². The number of halogens is 4. The van der Waals surface area contributed by atoms with Gasteiger partial charge in [-0.1, -0.05) is 0 Å².